The summed E-state index contributed by atoms with van der Waals surface area (Å²) in [5, 5.41) is 4.93. The highest BCUT2D eigenvalue weighted by atomic mass is 19.2. The Labute approximate surface area is 400 Å². The van der Waals surface area contributed by atoms with Crippen LogP contribution in [0.2, 0.25) is 0 Å². The lowest BCUT2D eigenvalue weighted by molar-refractivity contribution is -0.144. The SMILES string of the molecule is CCCCNc1c(F)c(F)c(/C2=C3\C=CC(=N3)C(C(C)(C)CC(=O)OC)C3=N/C(=C(/c4c(F)c(F)c(NCCCC)c(F)c4F)c4ccc([nH]4)C(C(C)(C)CC(=O)OC)c4ccc2[nH]4)C=C3)c(F)c1F. The Kier molecular flexibility index (Phi) is 14.8. The fraction of sp³-hybridized carbons (Fsp3) is 0.385. The van der Waals surface area contributed by atoms with Crippen LogP contribution in [0.15, 0.2) is 69.9 Å². The number of methoxy groups -OCH3 is 2. The lowest BCUT2D eigenvalue weighted by Gasteiger charge is -2.33. The van der Waals surface area contributed by atoms with Crippen molar-refractivity contribution in [1.29, 1.82) is 0 Å². The van der Waals surface area contributed by atoms with Gasteiger partial charge in [0.25, 0.3) is 0 Å². The number of allylic oxidation sites excluding steroid dienone is 4. The molecule has 0 unspecified atom stereocenters. The lowest BCUT2D eigenvalue weighted by atomic mass is 9.71. The lowest BCUT2D eigenvalue weighted by Crippen LogP contribution is -2.37. The van der Waals surface area contributed by atoms with Crippen LogP contribution in [0.1, 0.15) is 120 Å². The van der Waals surface area contributed by atoms with Crippen LogP contribution in [0.5, 0.6) is 0 Å². The van der Waals surface area contributed by atoms with Gasteiger partial charge in [0.15, 0.2) is 46.5 Å². The number of carbonyl (C=O) groups is 2. The molecule has 0 fully saturated rings. The number of hydrogen-bond acceptors (Lipinski definition) is 8. The fourth-order valence-electron chi connectivity index (χ4n) is 9.46. The van der Waals surface area contributed by atoms with E-state index in [1.54, 1.807) is 27.7 Å². The predicted octanol–water partition coefficient (Wildman–Crippen LogP) is 12.4. The van der Waals surface area contributed by atoms with Gasteiger partial charge in [-0.1, -0.05) is 54.4 Å². The highest BCUT2D eigenvalue weighted by Gasteiger charge is 2.43. The number of H-pyrrole nitrogens is 2. The second-order valence-electron chi connectivity index (χ2n) is 18.8. The number of rotatable bonds is 16. The molecule has 4 aromatic rings. The number of aromatic amines is 2. The number of esters is 2. The molecule has 0 radical (unpaired) electrons. The number of aromatic nitrogens is 2. The maximum Gasteiger partial charge on any atom is 0.306 e. The first-order valence-corrected chi connectivity index (χ1v) is 22.9. The molecule has 18 heteroatoms. The van der Waals surface area contributed by atoms with Crippen molar-refractivity contribution in [3.05, 3.63) is 140 Å². The van der Waals surface area contributed by atoms with Crippen molar-refractivity contribution in [1.82, 2.24) is 9.97 Å². The van der Waals surface area contributed by atoms with E-state index in [1.807, 2.05) is 13.8 Å². The van der Waals surface area contributed by atoms with E-state index in [1.165, 1.54) is 62.8 Å². The first-order chi connectivity index (χ1) is 33.2. The monoisotopic (exact) mass is 978 g/mol. The molecule has 3 aliphatic heterocycles. The molecule has 0 atom stereocenters. The Balaban J connectivity index is 1.59. The van der Waals surface area contributed by atoms with E-state index >= 15 is 35.1 Å². The average molecular weight is 979 g/mol. The minimum Gasteiger partial charge on any atom is -0.469 e. The molecule has 0 aliphatic carbocycles. The minimum absolute atomic E-state index is 0.0239. The van der Waals surface area contributed by atoms with Gasteiger partial charge in [-0.2, -0.15) is 0 Å². The van der Waals surface area contributed by atoms with Crippen LogP contribution in [0.4, 0.5) is 46.5 Å². The summed E-state index contributed by atoms with van der Waals surface area (Å²) in [6.45, 7) is 10.5. The molecular formula is C52H54F8N6O4. The number of ether oxygens (including phenoxy) is 2. The first kappa shape index (κ1) is 51.1. The van der Waals surface area contributed by atoms with Crippen molar-refractivity contribution >= 4 is 45.9 Å². The largest absolute Gasteiger partial charge is 0.469 e. The number of aliphatic imine (C=N–C) groups is 2. The first-order valence-electron chi connectivity index (χ1n) is 22.9. The van der Waals surface area contributed by atoms with Crippen molar-refractivity contribution in [2.24, 2.45) is 26.7 Å². The smallest absolute Gasteiger partial charge is 0.306 e. The molecule has 3 aliphatic rings. The molecule has 0 saturated carbocycles. The summed E-state index contributed by atoms with van der Waals surface area (Å²) in [7, 11) is 2.38. The maximum atomic E-state index is 16.7. The highest BCUT2D eigenvalue weighted by Crippen LogP contribution is 2.48. The predicted molar refractivity (Wildman–Crippen MR) is 252 cm³/mol. The van der Waals surface area contributed by atoms with Crippen molar-refractivity contribution in [3.63, 3.8) is 0 Å². The van der Waals surface area contributed by atoms with E-state index in [9.17, 15) is 9.59 Å². The highest BCUT2D eigenvalue weighted by molar-refractivity contribution is 6.20. The van der Waals surface area contributed by atoms with Crippen molar-refractivity contribution in [2.75, 3.05) is 37.9 Å². The van der Waals surface area contributed by atoms with Gasteiger partial charge in [0.2, 0.25) is 0 Å². The zero-order valence-electron chi connectivity index (χ0n) is 40.0. The summed E-state index contributed by atoms with van der Waals surface area (Å²) in [4.78, 5) is 42.0. The van der Waals surface area contributed by atoms with E-state index < -0.39 is 115 Å². The quantitative estimate of drug-likeness (QED) is 0.0382. The van der Waals surface area contributed by atoms with Gasteiger partial charge in [0.05, 0.1) is 61.0 Å². The van der Waals surface area contributed by atoms with Gasteiger partial charge in [0.1, 0.15) is 11.4 Å². The maximum absolute atomic E-state index is 16.7. The van der Waals surface area contributed by atoms with Gasteiger partial charge in [-0.3, -0.25) is 19.6 Å². The molecule has 0 saturated heterocycles. The average Bonchev–Trinajstić information content (AvgIpc) is 4.17. The summed E-state index contributed by atoms with van der Waals surface area (Å²) in [6, 6.07) is 5.88. The van der Waals surface area contributed by atoms with Crippen LogP contribution in [-0.4, -0.2) is 60.6 Å². The van der Waals surface area contributed by atoms with Gasteiger partial charge < -0.3 is 30.1 Å². The summed E-state index contributed by atoms with van der Waals surface area (Å²) in [5.41, 5.74) is -6.98. The third kappa shape index (κ3) is 9.48. The number of unbranched alkanes of at least 4 members (excludes halogenated alkanes) is 2. The Hall–Kier alpha value is -6.72. The second kappa shape index (κ2) is 20.3. The Morgan fingerprint density at radius 3 is 1.26 bits per heavy atom. The summed E-state index contributed by atoms with van der Waals surface area (Å²) in [5.74, 6) is -16.9. The minimum atomic E-state index is -1.72. The fourth-order valence-corrected chi connectivity index (χ4v) is 9.46. The normalized spacial score (nSPS) is 18.9. The molecule has 0 amide bonds. The van der Waals surface area contributed by atoms with Gasteiger partial charge in [-0.25, -0.2) is 35.1 Å². The Morgan fingerprint density at radius 1 is 0.557 bits per heavy atom. The van der Waals surface area contributed by atoms with Gasteiger partial charge in [-0.05, 0) is 72.2 Å². The van der Waals surface area contributed by atoms with Gasteiger partial charge >= 0.3 is 11.9 Å². The number of benzene rings is 2. The van der Waals surface area contributed by atoms with Crippen LogP contribution >= 0.6 is 0 Å². The van der Waals surface area contributed by atoms with Crippen molar-refractivity contribution in [2.45, 2.75) is 86.0 Å². The number of anilines is 2. The third-order valence-electron chi connectivity index (χ3n) is 12.9. The summed E-state index contributed by atoms with van der Waals surface area (Å²) < 4.78 is 141. The Morgan fingerprint density at radius 2 is 0.914 bits per heavy atom. The molecule has 4 N–H and O–H groups in total. The van der Waals surface area contributed by atoms with Crippen molar-refractivity contribution in [3.8, 4) is 0 Å². The van der Waals surface area contributed by atoms with Crippen LogP contribution in [-0.2, 0) is 19.1 Å². The third-order valence-corrected chi connectivity index (χ3v) is 12.9. The number of hydrogen-bond donors (Lipinski definition) is 4. The van der Waals surface area contributed by atoms with E-state index in [2.05, 4.69) is 20.6 Å². The number of halogens is 8. The van der Waals surface area contributed by atoms with Crippen LogP contribution in [0.3, 0.4) is 0 Å². The molecule has 2 aromatic heterocycles. The Bertz CT molecular complexity index is 2710. The number of nitrogens with one attached hydrogen (secondary N) is 4. The zero-order valence-corrected chi connectivity index (χ0v) is 40.0. The zero-order chi connectivity index (χ0) is 51.0. The number of nitrogens with zero attached hydrogens (tertiary/aromatic N) is 2. The van der Waals surface area contributed by atoms with E-state index in [4.69, 9.17) is 19.5 Å². The molecule has 2 aromatic carbocycles. The molecule has 8 bridgehead atoms. The number of fused-ring (bicyclic) bond motifs is 6. The van der Waals surface area contributed by atoms with Gasteiger partial charge in [0, 0.05) is 58.8 Å². The van der Waals surface area contributed by atoms with Crippen molar-refractivity contribution < 1.29 is 54.2 Å². The topological polar surface area (TPSA) is 133 Å². The van der Waals surface area contributed by atoms with E-state index in [0.717, 1.165) is 0 Å². The molecule has 5 heterocycles. The molecule has 70 heavy (non-hydrogen) atoms. The second-order valence-corrected chi connectivity index (χ2v) is 18.8. The molecule has 7 rings (SSSR count). The van der Waals surface area contributed by atoms with Gasteiger partial charge in [-0.15, -0.1) is 0 Å². The van der Waals surface area contributed by atoms with Crippen LogP contribution in [0.25, 0.3) is 11.1 Å². The van der Waals surface area contributed by atoms with E-state index in [0.29, 0.717) is 25.7 Å². The van der Waals surface area contributed by atoms with Crippen LogP contribution < -0.4 is 10.6 Å². The number of carbonyl (C=O) groups excluding carboxylic acids is 2. The molecular weight excluding hydrogens is 925 g/mol. The summed E-state index contributed by atoms with van der Waals surface area (Å²) in [6.07, 6.45) is 7.31. The molecule has 372 valence electrons. The van der Waals surface area contributed by atoms with E-state index in [-0.39, 0.29) is 71.5 Å². The molecule has 0 spiro atoms. The van der Waals surface area contributed by atoms with Crippen LogP contribution in [0, 0.1) is 63.3 Å². The summed E-state index contributed by atoms with van der Waals surface area (Å²) >= 11 is 0. The molecule has 10 nitrogen and oxygen atoms in total. The standard InChI is InChI=1S/C52H54F8N6O4/c1-9-11-21-61-49-45(57)41(53)37(42(54)46(49)58)35-25-13-17-29(63-25)39(51(3,4)23-33(67)69-7)31-19-15-27(65-31)36(38-43(55)47(59)50(48(60)44(38)56)62-22-12-10-2)28-16-20-32(66-28)40(30-18-14-26(35)64-30)52(5,6)24-34(68)70-8/h13-20,39-40,61-63,65H,9-12,21-24H2,1-8H3/b35-26+,36-28+.